The SMILES string of the molecule is CC1CC(C)CC2(C1)N(C)c1cccc3c(C4=C(O)/C(=c5/ccc6c7c(cccc57)N(C)C5(CC(C)CC(C)C5)[N+]=6C)C4=O)ccc(c13)N2C. The molecule has 2 fully saturated rings. The first-order valence-corrected chi connectivity index (χ1v) is 18.8. The van der Waals surface area contributed by atoms with Gasteiger partial charge in [0, 0.05) is 56.8 Å². The minimum absolute atomic E-state index is 0.0849. The summed E-state index contributed by atoms with van der Waals surface area (Å²) in [6.07, 6.45) is 6.99. The zero-order valence-corrected chi connectivity index (χ0v) is 31.0. The number of ketones is 1. The number of carbonyl (C=O) groups excluding carboxylic acids is 1. The Hall–Kier alpha value is -4.32. The number of rotatable bonds is 1. The summed E-state index contributed by atoms with van der Waals surface area (Å²) in [5, 5.41) is 18.2. The second-order valence-corrected chi connectivity index (χ2v) is 17.0. The fourth-order valence-electron chi connectivity index (χ4n) is 11.7. The van der Waals surface area contributed by atoms with E-state index in [1.165, 1.54) is 35.3 Å². The highest BCUT2D eigenvalue weighted by atomic mass is 16.3. The van der Waals surface area contributed by atoms with Gasteiger partial charge in [0.2, 0.25) is 16.8 Å². The average Bonchev–Trinajstić information content (AvgIpc) is 3.08. The molecule has 6 nitrogen and oxygen atoms in total. The van der Waals surface area contributed by atoms with Crippen LogP contribution in [0.25, 0.3) is 32.7 Å². The molecule has 2 spiro atoms. The van der Waals surface area contributed by atoms with Crippen LogP contribution in [0.3, 0.4) is 0 Å². The lowest BCUT2D eigenvalue weighted by Gasteiger charge is -2.58. The highest BCUT2D eigenvalue weighted by Gasteiger charge is 2.52. The molecule has 0 amide bonds. The number of allylic oxidation sites excluding steroid dienone is 2. The first-order chi connectivity index (χ1) is 23.9. The summed E-state index contributed by atoms with van der Waals surface area (Å²) in [5.74, 6) is 2.59. The summed E-state index contributed by atoms with van der Waals surface area (Å²) in [6, 6.07) is 21.4. The Balaban J connectivity index is 1.21. The van der Waals surface area contributed by atoms with E-state index in [0.717, 1.165) is 58.0 Å². The molecule has 258 valence electrons. The number of hydrogen-bond acceptors (Lipinski definition) is 5. The Morgan fingerprint density at radius 3 is 1.84 bits per heavy atom. The van der Waals surface area contributed by atoms with Gasteiger partial charge in [0.25, 0.3) is 0 Å². The highest BCUT2D eigenvalue weighted by Crippen LogP contribution is 2.53. The van der Waals surface area contributed by atoms with Crippen molar-refractivity contribution in [2.75, 3.05) is 42.9 Å². The van der Waals surface area contributed by atoms with Crippen LogP contribution in [0.2, 0.25) is 0 Å². The van der Waals surface area contributed by atoms with Crippen molar-refractivity contribution < 1.29 is 9.90 Å². The van der Waals surface area contributed by atoms with Crippen LogP contribution in [0, 0.1) is 23.7 Å². The highest BCUT2D eigenvalue weighted by molar-refractivity contribution is 6.53. The van der Waals surface area contributed by atoms with Crippen molar-refractivity contribution in [2.24, 2.45) is 23.7 Å². The zero-order valence-electron chi connectivity index (χ0n) is 31.0. The lowest BCUT2D eigenvalue weighted by atomic mass is 9.73. The van der Waals surface area contributed by atoms with Crippen LogP contribution >= 0.6 is 0 Å². The second kappa shape index (κ2) is 10.6. The van der Waals surface area contributed by atoms with Crippen LogP contribution in [0.4, 0.5) is 17.1 Å². The van der Waals surface area contributed by atoms with E-state index < -0.39 is 0 Å². The minimum Gasteiger partial charge on any atom is -0.506 e. The van der Waals surface area contributed by atoms with E-state index in [1.54, 1.807) is 0 Å². The largest absolute Gasteiger partial charge is 0.506 e. The zero-order chi connectivity index (χ0) is 35.0. The van der Waals surface area contributed by atoms with Crippen molar-refractivity contribution in [3.8, 4) is 0 Å². The van der Waals surface area contributed by atoms with Crippen LogP contribution in [0.15, 0.2) is 66.4 Å². The molecule has 6 heteroatoms. The van der Waals surface area contributed by atoms with E-state index in [2.05, 4.69) is 136 Å². The van der Waals surface area contributed by atoms with Crippen molar-refractivity contribution in [2.45, 2.75) is 77.5 Å². The van der Waals surface area contributed by atoms with Gasteiger partial charge in [-0.15, -0.1) is 0 Å². The van der Waals surface area contributed by atoms with E-state index in [1.807, 2.05) is 0 Å². The summed E-state index contributed by atoms with van der Waals surface area (Å²) in [6.45, 7) is 9.55. The Bertz CT molecular complexity index is 2280. The van der Waals surface area contributed by atoms with Crippen molar-refractivity contribution in [1.29, 1.82) is 0 Å². The number of nitrogens with zero attached hydrogens (tertiary/aromatic N) is 4. The maximum atomic E-state index is 14.4. The normalized spacial score (nSPS) is 31.8. The molecular formula is C44H51N4O2+. The fraction of sp³-hybridized carbons (Fsp3) is 0.455. The Morgan fingerprint density at radius 2 is 1.22 bits per heavy atom. The van der Waals surface area contributed by atoms with Crippen molar-refractivity contribution in [1.82, 2.24) is 4.58 Å². The van der Waals surface area contributed by atoms with Crippen molar-refractivity contribution in [3.63, 3.8) is 0 Å². The number of carbonyl (C=O) groups is 1. The minimum atomic E-state index is -0.0863. The second-order valence-electron chi connectivity index (χ2n) is 17.0. The molecule has 9 rings (SSSR count). The standard InChI is InChI=1S/C44H50N4O2/c1-25-19-26(2)22-43(21-25)45(5)33-13-9-11-29-31(15-17-35(37(29)33)47(43)7)39-41(49)40(42(39)50)32-16-18-36-38-30(32)12-10-14-34(38)46(6)44(48(36)8)23-27(3)20-28(4)24-44/h9-18,25-28H,19-24H2,1-8H3/p+1. The van der Waals surface area contributed by atoms with Gasteiger partial charge in [-0.1, -0.05) is 58.0 Å². The van der Waals surface area contributed by atoms with Gasteiger partial charge < -0.3 is 19.8 Å². The molecule has 5 aliphatic rings. The number of aliphatic hydroxyl groups is 1. The van der Waals surface area contributed by atoms with Crippen LogP contribution < -0.4 is 29.9 Å². The molecule has 4 unspecified atom stereocenters. The molecule has 2 saturated carbocycles. The molecule has 4 atom stereocenters. The Kier molecular flexibility index (Phi) is 6.71. The van der Waals surface area contributed by atoms with Gasteiger partial charge in [-0.3, -0.25) is 4.79 Å². The molecule has 4 aromatic rings. The molecule has 0 aromatic heterocycles. The molecule has 0 saturated heterocycles. The van der Waals surface area contributed by atoms with Gasteiger partial charge in [-0.25, -0.2) is 4.58 Å². The monoisotopic (exact) mass is 667 g/mol. The first kappa shape index (κ1) is 31.6. The topological polar surface area (TPSA) is 50.0 Å². The first-order valence-electron chi connectivity index (χ1n) is 18.8. The summed E-state index contributed by atoms with van der Waals surface area (Å²) in [7, 11) is 8.97. The fourth-order valence-corrected chi connectivity index (χ4v) is 11.7. The van der Waals surface area contributed by atoms with E-state index in [4.69, 9.17) is 0 Å². The van der Waals surface area contributed by atoms with Crippen molar-refractivity contribution in [3.05, 3.63) is 82.6 Å². The van der Waals surface area contributed by atoms with Gasteiger partial charge in [0.15, 0.2) is 0 Å². The van der Waals surface area contributed by atoms with Gasteiger partial charge in [0.1, 0.15) is 18.5 Å². The third kappa shape index (κ3) is 3.96. The number of benzene rings is 4. The number of Topliss-reactive ketones (excluding diaryl/α,β-unsaturated/α-hetero) is 1. The predicted molar refractivity (Wildman–Crippen MR) is 207 cm³/mol. The number of anilines is 3. The number of hydrogen-bond donors (Lipinski definition) is 1. The van der Waals surface area contributed by atoms with Gasteiger partial charge >= 0.3 is 0 Å². The van der Waals surface area contributed by atoms with Crippen LogP contribution in [0.1, 0.15) is 71.8 Å². The van der Waals surface area contributed by atoms with Crippen LogP contribution in [0.5, 0.6) is 0 Å². The van der Waals surface area contributed by atoms with E-state index in [9.17, 15) is 9.90 Å². The molecule has 4 aromatic carbocycles. The van der Waals surface area contributed by atoms with Crippen LogP contribution in [-0.4, -0.2) is 50.4 Å². The summed E-state index contributed by atoms with van der Waals surface area (Å²) < 4.78 is 2.49. The summed E-state index contributed by atoms with van der Waals surface area (Å²) in [5.41, 5.74) is 5.09. The molecule has 2 heterocycles. The van der Waals surface area contributed by atoms with E-state index >= 15 is 0 Å². The number of aliphatic hydroxyl groups excluding tert-OH is 1. The van der Waals surface area contributed by atoms with Crippen LogP contribution in [-0.2, 0) is 4.79 Å². The van der Waals surface area contributed by atoms with E-state index in [-0.39, 0.29) is 22.9 Å². The molecule has 0 bridgehead atoms. The quantitative estimate of drug-likeness (QED) is 0.214. The molecule has 3 aliphatic carbocycles. The molecule has 0 radical (unpaired) electrons. The maximum Gasteiger partial charge on any atom is 0.238 e. The third-order valence-corrected chi connectivity index (χ3v) is 13.7. The van der Waals surface area contributed by atoms with E-state index in [0.29, 0.717) is 34.8 Å². The molecular weight excluding hydrogens is 617 g/mol. The molecule has 2 aliphatic heterocycles. The summed E-state index contributed by atoms with van der Waals surface area (Å²) in [4.78, 5) is 21.8. The third-order valence-electron chi connectivity index (χ3n) is 13.7. The van der Waals surface area contributed by atoms with Gasteiger partial charge in [0.05, 0.1) is 22.2 Å². The Labute approximate surface area is 296 Å². The maximum absolute atomic E-state index is 14.4. The lowest BCUT2D eigenvalue weighted by Crippen LogP contribution is -2.64. The Morgan fingerprint density at radius 1 is 0.660 bits per heavy atom. The summed E-state index contributed by atoms with van der Waals surface area (Å²) >= 11 is 0. The van der Waals surface area contributed by atoms with Crippen molar-refractivity contribution >= 4 is 55.5 Å². The molecule has 1 N–H and O–H groups in total. The van der Waals surface area contributed by atoms with Gasteiger partial charge in [-0.05, 0) is 95.2 Å². The smallest absolute Gasteiger partial charge is 0.238 e. The average molecular weight is 668 g/mol. The van der Waals surface area contributed by atoms with Gasteiger partial charge in [-0.2, -0.15) is 0 Å². The predicted octanol–water partition coefficient (Wildman–Crippen LogP) is 7.46. The molecule has 50 heavy (non-hydrogen) atoms. The lowest BCUT2D eigenvalue weighted by molar-refractivity contribution is -0.109.